The molecule has 0 spiro atoms. The van der Waals surface area contributed by atoms with Gasteiger partial charge in [-0.25, -0.2) is 0 Å². The monoisotopic (exact) mass is 280 g/mol. The smallest absolute Gasteiger partial charge is 0.245 e. The molecule has 2 rings (SSSR count). The molecule has 0 bridgehead atoms. The molecule has 114 valence electrons. The first-order valence-electron chi connectivity index (χ1n) is 8.04. The maximum atomic E-state index is 12.7. The lowest BCUT2D eigenvalue weighted by Gasteiger charge is -2.40. The van der Waals surface area contributed by atoms with E-state index in [1.165, 1.54) is 12.8 Å². The maximum absolute atomic E-state index is 12.7. The minimum absolute atomic E-state index is 0.0285. The van der Waals surface area contributed by atoms with Crippen molar-refractivity contribution in [3.8, 4) is 0 Å². The zero-order valence-corrected chi connectivity index (χ0v) is 13.2. The molecule has 1 aliphatic heterocycles. The second kappa shape index (κ2) is 6.15. The van der Waals surface area contributed by atoms with E-state index in [4.69, 9.17) is 0 Å². The summed E-state index contributed by atoms with van der Waals surface area (Å²) in [5, 5.41) is 2.92. The van der Waals surface area contributed by atoms with Crippen LogP contribution in [0.3, 0.4) is 0 Å². The highest BCUT2D eigenvalue weighted by Crippen LogP contribution is 2.37. The fourth-order valence-corrected chi connectivity index (χ4v) is 3.20. The van der Waals surface area contributed by atoms with Crippen LogP contribution in [0.5, 0.6) is 0 Å². The second-order valence-corrected chi connectivity index (χ2v) is 6.92. The highest BCUT2D eigenvalue weighted by atomic mass is 16.2. The third-order valence-electron chi connectivity index (χ3n) is 4.58. The van der Waals surface area contributed by atoms with Gasteiger partial charge >= 0.3 is 0 Å². The van der Waals surface area contributed by atoms with E-state index < -0.39 is 0 Å². The molecule has 2 amide bonds. The minimum atomic E-state index is -0.322. The lowest BCUT2D eigenvalue weighted by molar-refractivity contribution is -0.150. The Hall–Kier alpha value is -1.06. The second-order valence-electron chi connectivity index (χ2n) is 6.92. The highest BCUT2D eigenvalue weighted by Gasteiger charge is 2.41. The van der Waals surface area contributed by atoms with Gasteiger partial charge in [-0.1, -0.05) is 27.7 Å². The molecule has 0 aromatic carbocycles. The molecule has 0 radical (unpaired) electrons. The Labute approximate surface area is 122 Å². The van der Waals surface area contributed by atoms with Crippen molar-refractivity contribution >= 4 is 11.8 Å². The van der Waals surface area contributed by atoms with Gasteiger partial charge in [0, 0.05) is 6.54 Å². The SMILES string of the molecule is CCC1C(=O)NC(CC(C)C)C(=O)N1CC(C)C1CC1. The van der Waals surface area contributed by atoms with Gasteiger partial charge in [0.15, 0.2) is 0 Å². The molecular weight excluding hydrogens is 252 g/mol. The first-order chi connectivity index (χ1) is 9.43. The van der Waals surface area contributed by atoms with Crippen LogP contribution in [0.2, 0.25) is 0 Å². The summed E-state index contributed by atoms with van der Waals surface area (Å²) < 4.78 is 0. The zero-order chi connectivity index (χ0) is 14.9. The predicted octanol–water partition coefficient (Wildman–Crippen LogP) is 2.18. The largest absolute Gasteiger partial charge is 0.342 e. The Morgan fingerprint density at radius 3 is 2.40 bits per heavy atom. The van der Waals surface area contributed by atoms with E-state index in [2.05, 4.69) is 26.1 Å². The van der Waals surface area contributed by atoms with E-state index in [0.29, 0.717) is 18.3 Å². The van der Waals surface area contributed by atoms with Crippen molar-refractivity contribution in [2.45, 2.75) is 65.5 Å². The van der Waals surface area contributed by atoms with Gasteiger partial charge in [0.1, 0.15) is 12.1 Å². The van der Waals surface area contributed by atoms with Crippen LogP contribution in [0, 0.1) is 17.8 Å². The molecular formula is C16H28N2O2. The summed E-state index contributed by atoms with van der Waals surface area (Å²) in [7, 11) is 0. The van der Waals surface area contributed by atoms with E-state index >= 15 is 0 Å². The highest BCUT2D eigenvalue weighted by molar-refractivity contribution is 5.96. The number of rotatable bonds is 6. The Bertz CT molecular complexity index is 377. The molecule has 1 aliphatic carbocycles. The van der Waals surface area contributed by atoms with Crippen LogP contribution in [0.4, 0.5) is 0 Å². The fraction of sp³-hybridized carbons (Fsp3) is 0.875. The van der Waals surface area contributed by atoms with Gasteiger partial charge in [0.05, 0.1) is 0 Å². The molecule has 3 atom stereocenters. The van der Waals surface area contributed by atoms with E-state index in [1.807, 2.05) is 11.8 Å². The molecule has 4 nitrogen and oxygen atoms in total. The van der Waals surface area contributed by atoms with Crippen molar-refractivity contribution in [1.82, 2.24) is 10.2 Å². The fourth-order valence-electron chi connectivity index (χ4n) is 3.20. The molecule has 1 heterocycles. The summed E-state index contributed by atoms with van der Waals surface area (Å²) in [6.45, 7) is 9.10. The first-order valence-corrected chi connectivity index (χ1v) is 8.04. The lowest BCUT2D eigenvalue weighted by Crippen LogP contribution is -2.64. The molecule has 1 N–H and O–H groups in total. The lowest BCUT2D eigenvalue weighted by atomic mass is 9.95. The van der Waals surface area contributed by atoms with Crippen LogP contribution >= 0.6 is 0 Å². The number of carbonyl (C=O) groups excluding carboxylic acids is 2. The van der Waals surface area contributed by atoms with Gasteiger partial charge in [0.2, 0.25) is 11.8 Å². The van der Waals surface area contributed by atoms with Crippen LogP contribution in [0.1, 0.15) is 53.4 Å². The number of amides is 2. The molecule has 1 saturated heterocycles. The molecule has 0 aromatic heterocycles. The summed E-state index contributed by atoms with van der Waals surface area (Å²) in [6, 6.07) is -0.594. The number of nitrogens with zero attached hydrogens (tertiary/aromatic N) is 1. The third kappa shape index (κ3) is 3.33. The predicted molar refractivity (Wildman–Crippen MR) is 79.1 cm³/mol. The molecule has 2 fully saturated rings. The quantitative estimate of drug-likeness (QED) is 0.811. The number of piperazine rings is 1. The van der Waals surface area contributed by atoms with Gasteiger partial charge in [-0.3, -0.25) is 9.59 Å². The molecule has 3 unspecified atom stereocenters. The summed E-state index contributed by atoms with van der Waals surface area (Å²) in [4.78, 5) is 26.8. The maximum Gasteiger partial charge on any atom is 0.245 e. The number of hydrogen-bond donors (Lipinski definition) is 1. The Balaban J connectivity index is 2.09. The molecule has 1 saturated carbocycles. The summed E-state index contributed by atoms with van der Waals surface area (Å²) in [5.41, 5.74) is 0. The van der Waals surface area contributed by atoms with E-state index in [0.717, 1.165) is 18.9 Å². The minimum Gasteiger partial charge on any atom is -0.342 e. The van der Waals surface area contributed by atoms with E-state index in [-0.39, 0.29) is 23.9 Å². The van der Waals surface area contributed by atoms with Gasteiger partial charge in [0.25, 0.3) is 0 Å². The van der Waals surface area contributed by atoms with Crippen LogP contribution in [-0.4, -0.2) is 35.3 Å². The number of nitrogens with one attached hydrogen (secondary N) is 1. The van der Waals surface area contributed by atoms with Crippen molar-refractivity contribution in [2.24, 2.45) is 17.8 Å². The Morgan fingerprint density at radius 2 is 1.90 bits per heavy atom. The first kappa shape index (κ1) is 15.3. The average molecular weight is 280 g/mol. The van der Waals surface area contributed by atoms with Crippen molar-refractivity contribution in [3.63, 3.8) is 0 Å². The van der Waals surface area contributed by atoms with Crippen LogP contribution in [-0.2, 0) is 9.59 Å². The average Bonchev–Trinajstić information content (AvgIpc) is 3.18. The van der Waals surface area contributed by atoms with Gasteiger partial charge < -0.3 is 10.2 Å². The molecule has 2 aliphatic rings. The zero-order valence-electron chi connectivity index (χ0n) is 13.2. The van der Waals surface area contributed by atoms with Crippen molar-refractivity contribution in [1.29, 1.82) is 0 Å². The molecule has 20 heavy (non-hydrogen) atoms. The normalized spacial score (nSPS) is 28.8. The van der Waals surface area contributed by atoms with Crippen LogP contribution < -0.4 is 5.32 Å². The van der Waals surface area contributed by atoms with E-state index in [1.54, 1.807) is 0 Å². The van der Waals surface area contributed by atoms with Gasteiger partial charge in [-0.2, -0.15) is 0 Å². The number of carbonyl (C=O) groups is 2. The standard InChI is InChI=1S/C16H28N2O2/c1-5-14-15(19)17-13(8-10(2)3)16(20)18(14)9-11(4)12-6-7-12/h10-14H,5-9H2,1-4H3,(H,17,19). The molecule has 0 aromatic rings. The van der Waals surface area contributed by atoms with Gasteiger partial charge in [-0.15, -0.1) is 0 Å². The molecule has 4 heteroatoms. The Morgan fingerprint density at radius 1 is 1.25 bits per heavy atom. The third-order valence-corrected chi connectivity index (χ3v) is 4.58. The van der Waals surface area contributed by atoms with Crippen molar-refractivity contribution in [3.05, 3.63) is 0 Å². The summed E-state index contributed by atoms with van der Waals surface area (Å²) in [6.07, 6.45) is 3.99. The summed E-state index contributed by atoms with van der Waals surface area (Å²) >= 11 is 0. The van der Waals surface area contributed by atoms with E-state index in [9.17, 15) is 9.59 Å². The number of hydrogen-bond acceptors (Lipinski definition) is 2. The Kier molecular flexibility index (Phi) is 4.71. The summed E-state index contributed by atoms with van der Waals surface area (Å²) in [5.74, 6) is 1.83. The van der Waals surface area contributed by atoms with Crippen molar-refractivity contribution < 1.29 is 9.59 Å². The van der Waals surface area contributed by atoms with Gasteiger partial charge in [-0.05, 0) is 43.4 Å². The van der Waals surface area contributed by atoms with Crippen LogP contribution in [0.25, 0.3) is 0 Å². The van der Waals surface area contributed by atoms with Crippen molar-refractivity contribution in [2.75, 3.05) is 6.54 Å². The topological polar surface area (TPSA) is 49.4 Å². The van der Waals surface area contributed by atoms with Crippen LogP contribution in [0.15, 0.2) is 0 Å².